The summed E-state index contributed by atoms with van der Waals surface area (Å²) in [6.45, 7) is 7.94. The average molecular weight is 282 g/mol. The van der Waals surface area contributed by atoms with E-state index in [9.17, 15) is 10.1 Å². The summed E-state index contributed by atoms with van der Waals surface area (Å²) < 4.78 is 10.8. The summed E-state index contributed by atoms with van der Waals surface area (Å²) in [7, 11) is 0. The Labute approximate surface area is 119 Å². The van der Waals surface area contributed by atoms with Crippen molar-refractivity contribution < 1.29 is 14.4 Å². The highest BCUT2D eigenvalue weighted by Gasteiger charge is 2.13. The van der Waals surface area contributed by atoms with E-state index in [0.29, 0.717) is 32.1 Å². The van der Waals surface area contributed by atoms with Gasteiger partial charge in [0.2, 0.25) is 0 Å². The highest BCUT2D eigenvalue weighted by atomic mass is 16.6. The van der Waals surface area contributed by atoms with Crippen molar-refractivity contribution in [3.8, 4) is 0 Å². The Morgan fingerprint density at radius 1 is 1.35 bits per heavy atom. The van der Waals surface area contributed by atoms with Crippen molar-refractivity contribution in [3.05, 3.63) is 33.9 Å². The number of rotatable bonds is 9. The normalized spacial score (nSPS) is 10.8. The Hall–Kier alpha value is -1.66. The van der Waals surface area contributed by atoms with Crippen molar-refractivity contribution in [2.45, 2.75) is 33.5 Å². The summed E-state index contributed by atoms with van der Waals surface area (Å²) in [5.74, 6) is 0. The standard InChI is InChI=1S/C14H22N2O4/c1-4-15-13-9-12(5-6-14(13)16(17)18)10-19-7-8-20-11(2)3/h5-6,9,11,15H,4,7-8,10H2,1-3H3. The lowest BCUT2D eigenvalue weighted by molar-refractivity contribution is -0.384. The van der Waals surface area contributed by atoms with Gasteiger partial charge in [0.1, 0.15) is 5.69 Å². The maximum atomic E-state index is 10.9. The van der Waals surface area contributed by atoms with Gasteiger partial charge in [0.05, 0.1) is 30.8 Å². The first-order chi connectivity index (χ1) is 9.54. The fourth-order valence-corrected chi connectivity index (χ4v) is 1.70. The highest BCUT2D eigenvalue weighted by molar-refractivity contribution is 5.62. The first-order valence-electron chi connectivity index (χ1n) is 6.75. The molecule has 0 aliphatic heterocycles. The molecule has 6 heteroatoms. The molecular weight excluding hydrogens is 260 g/mol. The molecule has 20 heavy (non-hydrogen) atoms. The van der Waals surface area contributed by atoms with Crippen LogP contribution in [-0.2, 0) is 16.1 Å². The van der Waals surface area contributed by atoms with Crippen LogP contribution < -0.4 is 5.32 Å². The maximum absolute atomic E-state index is 10.9. The number of hydrogen-bond acceptors (Lipinski definition) is 5. The molecule has 0 fully saturated rings. The molecule has 112 valence electrons. The molecule has 0 amide bonds. The minimum Gasteiger partial charge on any atom is -0.380 e. The first kappa shape index (κ1) is 16.4. The Kier molecular flexibility index (Phi) is 6.97. The molecule has 1 rings (SSSR count). The third-order valence-corrected chi connectivity index (χ3v) is 2.57. The van der Waals surface area contributed by atoms with Crippen LogP contribution in [0.3, 0.4) is 0 Å². The van der Waals surface area contributed by atoms with Gasteiger partial charge in [-0.2, -0.15) is 0 Å². The van der Waals surface area contributed by atoms with Crippen molar-refractivity contribution in [3.63, 3.8) is 0 Å². The molecule has 0 aliphatic rings. The largest absolute Gasteiger partial charge is 0.380 e. The lowest BCUT2D eigenvalue weighted by atomic mass is 10.2. The van der Waals surface area contributed by atoms with Crippen LogP contribution in [0.2, 0.25) is 0 Å². The summed E-state index contributed by atoms with van der Waals surface area (Å²) in [5, 5.41) is 13.9. The van der Waals surface area contributed by atoms with Gasteiger partial charge < -0.3 is 14.8 Å². The van der Waals surface area contributed by atoms with Crippen molar-refractivity contribution in [2.24, 2.45) is 0 Å². The second-order valence-electron chi connectivity index (χ2n) is 4.61. The Bertz CT molecular complexity index is 435. The molecule has 0 bridgehead atoms. The van der Waals surface area contributed by atoms with Gasteiger partial charge in [-0.25, -0.2) is 0 Å². The minimum absolute atomic E-state index is 0.0822. The van der Waals surface area contributed by atoms with Crippen LogP contribution in [0.25, 0.3) is 0 Å². The third-order valence-electron chi connectivity index (χ3n) is 2.57. The van der Waals surface area contributed by atoms with Gasteiger partial charge in [0.25, 0.3) is 5.69 Å². The van der Waals surface area contributed by atoms with Crippen LogP contribution in [0.5, 0.6) is 0 Å². The molecule has 1 aromatic rings. The molecule has 0 heterocycles. The second-order valence-corrected chi connectivity index (χ2v) is 4.61. The fourth-order valence-electron chi connectivity index (χ4n) is 1.70. The van der Waals surface area contributed by atoms with Crippen molar-refractivity contribution in [1.29, 1.82) is 0 Å². The lowest BCUT2D eigenvalue weighted by Gasteiger charge is -2.10. The van der Waals surface area contributed by atoms with Crippen molar-refractivity contribution >= 4 is 11.4 Å². The predicted molar refractivity (Wildman–Crippen MR) is 78.0 cm³/mol. The fraction of sp³-hybridized carbons (Fsp3) is 0.571. The zero-order chi connectivity index (χ0) is 15.0. The van der Waals surface area contributed by atoms with E-state index < -0.39 is 0 Å². The Morgan fingerprint density at radius 2 is 2.10 bits per heavy atom. The summed E-state index contributed by atoms with van der Waals surface area (Å²) in [6, 6.07) is 4.97. The van der Waals surface area contributed by atoms with E-state index in [1.54, 1.807) is 12.1 Å². The van der Waals surface area contributed by atoms with Crippen LogP contribution in [0.4, 0.5) is 11.4 Å². The molecule has 0 aromatic heterocycles. The van der Waals surface area contributed by atoms with Crippen LogP contribution in [0, 0.1) is 10.1 Å². The van der Waals surface area contributed by atoms with Gasteiger partial charge in [0, 0.05) is 12.6 Å². The molecule has 1 aromatic carbocycles. The first-order valence-corrected chi connectivity index (χ1v) is 6.75. The zero-order valence-electron chi connectivity index (χ0n) is 12.2. The van der Waals surface area contributed by atoms with E-state index in [4.69, 9.17) is 9.47 Å². The predicted octanol–water partition coefficient (Wildman–Crippen LogP) is 2.97. The molecule has 6 nitrogen and oxygen atoms in total. The molecule has 0 atom stereocenters. The number of anilines is 1. The number of nitrogens with one attached hydrogen (secondary N) is 1. The van der Waals surface area contributed by atoms with E-state index in [2.05, 4.69) is 5.32 Å². The van der Waals surface area contributed by atoms with E-state index in [1.165, 1.54) is 6.07 Å². The Morgan fingerprint density at radius 3 is 2.70 bits per heavy atom. The minimum atomic E-state index is -0.390. The molecule has 0 saturated heterocycles. The number of ether oxygens (including phenoxy) is 2. The van der Waals surface area contributed by atoms with Gasteiger partial charge >= 0.3 is 0 Å². The van der Waals surface area contributed by atoms with Gasteiger partial charge in [0.15, 0.2) is 0 Å². The molecule has 0 saturated carbocycles. The topological polar surface area (TPSA) is 73.6 Å². The molecule has 0 aliphatic carbocycles. The third kappa shape index (κ3) is 5.54. The van der Waals surface area contributed by atoms with Crippen molar-refractivity contribution in [2.75, 3.05) is 25.1 Å². The zero-order valence-corrected chi connectivity index (χ0v) is 12.2. The van der Waals surface area contributed by atoms with Crippen LogP contribution in [0.15, 0.2) is 18.2 Å². The monoisotopic (exact) mass is 282 g/mol. The van der Waals surface area contributed by atoms with Gasteiger partial charge in [-0.1, -0.05) is 0 Å². The van der Waals surface area contributed by atoms with E-state index in [-0.39, 0.29) is 16.7 Å². The highest BCUT2D eigenvalue weighted by Crippen LogP contribution is 2.25. The number of hydrogen-bond donors (Lipinski definition) is 1. The molecular formula is C14H22N2O4. The molecule has 0 spiro atoms. The van der Waals surface area contributed by atoms with Gasteiger partial charge in [-0.05, 0) is 38.5 Å². The van der Waals surface area contributed by atoms with E-state index >= 15 is 0 Å². The number of nitrogens with zero attached hydrogens (tertiary/aromatic N) is 1. The summed E-state index contributed by atoms with van der Waals surface area (Å²) in [6.07, 6.45) is 0.193. The van der Waals surface area contributed by atoms with Crippen LogP contribution >= 0.6 is 0 Å². The van der Waals surface area contributed by atoms with E-state index in [0.717, 1.165) is 5.56 Å². The smallest absolute Gasteiger partial charge is 0.292 e. The average Bonchev–Trinajstić information content (AvgIpc) is 2.38. The summed E-state index contributed by atoms with van der Waals surface area (Å²) in [4.78, 5) is 10.5. The number of benzene rings is 1. The van der Waals surface area contributed by atoms with Gasteiger partial charge in [-0.3, -0.25) is 10.1 Å². The quantitative estimate of drug-likeness (QED) is 0.428. The SMILES string of the molecule is CCNc1cc(COCCOC(C)C)ccc1[N+](=O)[O-]. The van der Waals surface area contributed by atoms with Crippen molar-refractivity contribution in [1.82, 2.24) is 0 Å². The van der Waals surface area contributed by atoms with Crippen LogP contribution in [-0.4, -0.2) is 30.8 Å². The second kappa shape index (κ2) is 8.50. The number of nitro benzene ring substituents is 1. The molecule has 1 N–H and O–H groups in total. The summed E-state index contributed by atoms with van der Waals surface area (Å²) in [5.41, 5.74) is 1.51. The number of nitro groups is 1. The van der Waals surface area contributed by atoms with Crippen LogP contribution in [0.1, 0.15) is 26.3 Å². The van der Waals surface area contributed by atoms with Gasteiger partial charge in [-0.15, -0.1) is 0 Å². The van der Waals surface area contributed by atoms with E-state index in [1.807, 2.05) is 20.8 Å². The molecule has 0 radical (unpaired) electrons. The Balaban J connectivity index is 2.54. The maximum Gasteiger partial charge on any atom is 0.292 e. The molecule has 0 unspecified atom stereocenters. The lowest BCUT2D eigenvalue weighted by Crippen LogP contribution is -2.09. The summed E-state index contributed by atoms with van der Waals surface area (Å²) >= 11 is 0.